The molecule has 0 saturated heterocycles. The van der Waals surface area contributed by atoms with E-state index in [-0.39, 0.29) is 30.5 Å². The van der Waals surface area contributed by atoms with Gasteiger partial charge in [0.2, 0.25) is 0 Å². The average Bonchev–Trinajstić information content (AvgIpc) is 3.27. The molecule has 0 aliphatic rings. The fraction of sp³-hybridized carbons (Fsp3) is 0.208. The highest BCUT2D eigenvalue weighted by atomic mass is 19.1. The lowest BCUT2D eigenvalue weighted by atomic mass is 10.1. The molecule has 0 fully saturated rings. The maximum Gasteiger partial charge on any atom is 0.312 e. The van der Waals surface area contributed by atoms with Crippen LogP contribution in [-0.2, 0) is 13.1 Å². The fourth-order valence-electron chi connectivity index (χ4n) is 3.80. The van der Waals surface area contributed by atoms with E-state index in [9.17, 15) is 19.3 Å². The Bertz CT molecular complexity index is 1390. The second-order valence-electron chi connectivity index (χ2n) is 8.01. The molecule has 0 bridgehead atoms. The molecule has 9 nitrogen and oxygen atoms in total. The van der Waals surface area contributed by atoms with Crippen LogP contribution in [0.4, 0.5) is 15.9 Å². The lowest BCUT2D eigenvalue weighted by Gasteiger charge is -2.07. The molecular formula is C24H23FN6O3. The first-order chi connectivity index (χ1) is 16.2. The summed E-state index contributed by atoms with van der Waals surface area (Å²) in [6.07, 6.45) is 0. The summed E-state index contributed by atoms with van der Waals surface area (Å²) >= 11 is 0. The molecule has 0 atom stereocenters. The first-order valence-corrected chi connectivity index (χ1v) is 10.6. The molecule has 4 rings (SSSR count). The number of aryl methyl sites for hydroxylation is 2. The van der Waals surface area contributed by atoms with Crippen molar-refractivity contribution in [2.45, 2.75) is 33.9 Å². The minimum Gasteiger partial charge on any atom is -0.305 e. The molecule has 4 aromatic rings. The molecule has 0 aliphatic carbocycles. The van der Waals surface area contributed by atoms with Crippen molar-refractivity contribution in [1.82, 2.24) is 19.6 Å². The standard InChI is InChI=1S/C24H23FN6O3/c1-15-11-22(28-29(15)14-20-8-4-5-10-21(20)25)26-24(32)19-9-6-7-18(12-19)13-30-17(3)23(31(33)34)16(2)27-30/h4-12H,13-14H2,1-3H3,(H,26,28,32). The van der Waals surface area contributed by atoms with Crippen LogP contribution >= 0.6 is 0 Å². The van der Waals surface area contributed by atoms with Crippen LogP contribution in [-0.4, -0.2) is 30.4 Å². The highest BCUT2D eigenvalue weighted by Gasteiger charge is 2.22. The van der Waals surface area contributed by atoms with Crippen LogP contribution in [0.3, 0.4) is 0 Å². The van der Waals surface area contributed by atoms with Gasteiger partial charge in [0.05, 0.1) is 18.0 Å². The zero-order valence-corrected chi connectivity index (χ0v) is 18.9. The van der Waals surface area contributed by atoms with Gasteiger partial charge in [0.25, 0.3) is 5.91 Å². The summed E-state index contributed by atoms with van der Waals surface area (Å²) in [5.74, 6) is -0.303. The first kappa shape index (κ1) is 22.8. The minimum atomic E-state index is -0.439. The number of nitrogens with zero attached hydrogens (tertiary/aromatic N) is 5. The van der Waals surface area contributed by atoms with Crippen molar-refractivity contribution in [1.29, 1.82) is 0 Å². The predicted octanol–water partition coefficient (Wildman–Crippen LogP) is 4.40. The van der Waals surface area contributed by atoms with Crippen LogP contribution in [0.2, 0.25) is 0 Å². The van der Waals surface area contributed by atoms with E-state index in [4.69, 9.17) is 0 Å². The molecule has 1 N–H and O–H groups in total. The van der Waals surface area contributed by atoms with Crippen molar-refractivity contribution in [3.05, 3.63) is 104 Å². The molecule has 2 heterocycles. The smallest absolute Gasteiger partial charge is 0.305 e. The molecule has 2 aromatic carbocycles. The Morgan fingerprint density at radius 2 is 1.79 bits per heavy atom. The van der Waals surface area contributed by atoms with Gasteiger partial charge in [0, 0.05) is 22.9 Å². The molecule has 0 saturated carbocycles. The molecule has 2 aromatic heterocycles. The van der Waals surface area contributed by atoms with E-state index >= 15 is 0 Å². The number of hydrogen-bond donors (Lipinski definition) is 1. The minimum absolute atomic E-state index is 0.00441. The Morgan fingerprint density at radius 3 is 2.50 bits per heavy atom. The van der Waals surface area contributed by atoms with Gasteiger partial charge in [0.1, 0.15) is 17.2 Å². The van der Waals surface area contributed by atoms with Gasteiger partial charge in [-0.3, -0.25) is 24.3 Å². The van der Waals surface area contributed by atoms with Gasteiger partial charge in [-0.2, -0.15) is 10.2 Å². The van der Waals surface area contributed by atoms with Gasteiger partial charge >= 0.3 is 5.69 Å². The number of anilines is 1. The van der Waals surface area contributed by atoms with Gasteiger partial charge < -0.3 is 5.32 Å². The zero-order valence-electron chi connectivity index (χ0n) is 18.9. The van der Waals surface area contributed by atoms with E-state index in [0.29, 0.717) is 28.3 Å². The molecule has 174 valence electrons. The Labute approximate surface area is 195 Å². The summed E-state index contributed by atoms with van der Waals surface area (Å²) in [5, 5.41) is 22.7. The third-order valence-corrected chi connectivity index (χ3v) is 5.55. The monoisotopic (exact) mass is 462 g/mol. The van der Waals surface area contributed by atoms with Gasteiger partial charge in [-0.1, -0.05) is 30.3 Å². The van der Waals surface area contributed by atoms with E-state index in [1.807, 2.05) is 13.0 Å². The lowest BCUT2D eigenvalue weighted by Crippen LogP contribution is -2.14. The van der Waals surface area contributed by atoms with E-state index < -0.39 is 4.92 Å². The van der Waals surface area contributed by atoms with E-state index in [0.717, 1.165) is 11.3 Å². The Hall–Kier alpha value is -4.34. The molecule has 0 unspecified atom stereocenters. The molecule has 0 radical (unpaired) electrons. The predicted molar refractivity (Wildman–Crippen MR) is 124 cm³/mol. The van der Waals surface area contributed by atoms with Crippen LogP contribution < -0.4 is 5.32 Å². The summed E-state index contributed by atoms with van der Waals surface area (Å²) in [4.78, 5) is 23.6. The van der Waals surface area contributed by atoms with E-state index in [1.54, 1.807) is 65.7 Å². The number of nitrogens with one attached hydrogen (secondary N) is 1. The van der Waals surface area contributed by atoms with Crippen LogP contribution in [0.1, 0.15) is 38.6 Å². The Kier molecular flexibility index (Phi) is 6.22. The fourth-order valence-corrected chi connectivity index (χ4v) is 3.80. The summed E-state index contributed by atoms with van der Waals surface area (Å²) in [6.45, 7) is 5.61. The largest absolute Gasteiger partial charge is 0.312 e. The van der Waals surface area contributed by atoms with Crippen LogP contribution in [0.25, 0.3) is 0 Å². The first-order valence-electron chi connectivity index (χ1n) is 10.6. The molecule has 34 heavy (non-hydrogen) atoms. The summed E-state index contributed by atoms with van der Waals surface area (Å²) in [5.41, 5.74) is 3.26. The molecule has 0 spiro atoms. The SMILES string of the molecule is Cc1nn(Cc2cccc(C(=O)Nc3cc(C)n(Cc4ccccc4F)n3)c2)c(C)c1[N+](=O)[O-]. The molecule has 1 amide bonds. The van der Waals surface area contributed by atoms with Gasteiger partial charge in [0.15, 0.2) is 5.82 Å². The van der Waals surface area contributed by atoms with Crippen molar-refractivity contribution in [2.75, 3.05) is 5.32 Å². The molecular weight excluding hydrogens is 439 g/mol. The van der Waals surface area contributed by atoms with E-state index in [1.165, 1.54) is 6.07 Å². The maximum atomic E-state index is 14.0. The second kappa shape index (κ2) is 9.26. The van der Waals surface area contributed by atoms with Crippen molar-refractivity contribution in [3.8, 4) is 0 Å². The summed E-state index contributed by atoms with van der Waals surface area (Å²) in [6, 6.07) is 15.1. The quantitative estimate of drug-likeness (QED) is 0.323. The number of amides is 1. The Balaban J connectivity index is 1.49. The number of benzene rings is 2. The number of rotatable bonds is 7. The van der Waals surface area contributed by atoms with Crippen molar-refractivity contribution >= 4 is 17.4 Å². The van der Waals surface area contributed by atoms with Gasteiger partial charge in [-0.25, -0.2) is 4.39 Å². The second-order valence-corrected chi connectivity index (χ2v) is 8.01. The number of nitro groups is 1. The van der Waals surface area contributed by atoms with Crippen LogP contribution in [0.15, 0.2) is 54.6 Å². The van der Waals surface area contributed by atoms with Crippen molar-refractivity contribution in [3.63, 3.8) is 0 Å². The number of halogens is 1. The number of hydrogen-bond acceptors (Lipinski definition) is 5. The Morgan fingerprint density at radius 1 is 1.03 bits per heavy atom. The summed E-state index contributed by atoms with van der Waals surface area (Å²) in [7, 11) is 0. The maximum absolute atomic E-state index is 14.0. The third kappa shape index (κ3) is 4.70. The van der Waals surface area contributed by atoms with Crippen LogP contribution in [0.5, 0.6) is 0 Å². The number of carbonyl (C=O) groups excluding carboxylic acids is 1. The van der Waals surface area contributed by atoms with Gasteiger partial charge in [-0.15, -0.1) is 0 Å². The van der Waals surface area contributed by atoms with Crippen molar-refractivity contribution in [2.24, 2.45) is 0 Å². The normalized spacial score (nSPS) is 10.9. The molecule has 0 aliphatic heterocycles. The number of carbonyl (C=O) groups is 1. The third-order valence-electron chi connectivity index (χ3n) is 5.55. The highest BCUT2D eigenvalue weighted by molar-refractivity contribution is 6.03. The van der Waals surface area contributed by atoms with Gasteiger partial charge in [-0.05, 0) is 44.5 Å². The van der Waals surface area contributed by atoms with Crippen LogP contribution in [0, 0.1) is 36.7 Å². The van der Waals surface area contributed by atoms with Crippen molar-refractivity contribution < 1.29 is 14.1 Å². The lowest BCUT2D eigenvalue weighted by molar-refractivity contribution is -0.386. The zero-order chi connectivity index (χ0) is 24.4. The topological polar surface area (TPSA) is 108 Å². The van der Waals surface area contributed by atoms with E-state index in [2.05, 4.69) is 15.5 Å². The molecule has 10 heteroatoms. The number of aromatic nitrogens is 4. The average molecular weight is 462 g/mol. The highest BCUT2D eigenvalue weighted by Crippen LogP contribution is 2.23. The summed E-state index contributed by atoms with van der Waals surface area (Å²) < 4.78 is 17.2.